The lowest BCUT2D eigenvalue weighted by atomic mass is 10.0. The molecule has 0 aliphatic rings. The highest BCUT2D eigenvalue weighted by molar-refractivity contribution is 7.80. The van der Waals surface area contributed by atoms with Crippen molar-refractivity contribution in [2.45, 2.75) is 18.2 Å². The normalized spacial score (nSPS) is 10.7. The van der Waals surface area contributed by atoms with E-state index in [-0.39, 0.29) is 5.78 Å². The van der Waals surface area contributed by atoms with Gasteiger partial charge >= 0.3 is 0 Å². The number of halogens is 2. The molecule has 6 heteroatoms. The van der Waals surface area contributed by atoms with Crippen LogP contribution in [0.5, 0.6) is 23.0 Å². The van der Waals surface area contributed by atoms with Gasteiger partial charge in [0.2, 0.25) is 0 Å². The van der Waals surface area contributed by atoms with Crippen LogP contribution in [-0.2, 0) is 6.42 Å². The average Bonchev–Trinajstić information content (AvgIpc) is 2.83. The molecule has 0 amide bonds. The Morgan fingerprint density at radius 1 is 0.788 bits per heavy atom. The summed E-state index contributed by atoms with van der Waals surface area (Å²) in [6.45, 7) is 2.06. The number of ketones is 1. The maximum atomic E-state index is 12.8. The third-order valence-corrected chi connectivity index (χ3v) is 5.87. The topological polar surface area (TPSA) is 35.5 Å². The minimum absolute atomic E-state index is 0.199. The van der Waals surface area contributed by atoms with Crippen molar-refractivity contribution in [1.82, 2.24) is 0 Å². The second-order valence-electron chi connectivity index (χ2n) is 7.30. The second-order valence-corrected chi connectivity index (χ2v) is 8.66. The molecule has 0 aliphatic heterocycles. The van der Waals surface area contributed by atoms with Crippen LogP contribution in [0.2, 0.25) is 10.0 Å². The van der Waals surface area contributed by atoms with E-state index in [9.17, 15) is 4.79 Å². The molecule has 0 saturated carbocycles. The van der Waals surface area contributed by atoms with Gasteiger partial charge in [0.1, 0.15) is 23.0 Å². The molecule has 0 aromatic heterocycles. The Balaban J connectivity index is 1.49. The zero-order valence-corrected chi connectivity index (χ0v) is 20.1. The van der Waals surface area contributed by atoms with Crippen molar-refractivity contribution in [3.8, 4) is 23.0 Å². The van der Waals surface area contributed by atoms with Gasteiger partial charge in [-0.1, -0.05) is 30.1 Å². The van der Waals surface area contributed by atoms with E-state index in [0.29, 0.717) is 32.7 Å². The van der Waals surface area contributed by atoms with Gasteiger partial charge in [-0.2, -0.15) is 0 Å². The fourth-order valence-electron chi connectivity index (χ4n) is 3.27. The maximum Gasteiger partial charge on any atom is 0.194 e. The van der Waals surface area contributed by atoms with E-state index < -0.39 is 0 Å². The van der Waals surface area contributed by atoms with Crippen molar-refractivity contribution in [2.24, 2.45) is 0 Å². The molecule has 3 nitrogen and oxygen atoms in total. The number of carbonyl (C=O) groups excluding carboxylic acids is 1. The second kappa shape index (κ2) is 10.3. The summed E-state index contributed by atoms with van der Waals surface area (Å²) in [6.07, 6.45) is 0.783. The van der Waals surface area contributed by atoms with Crippen LogP contribution >= 0.6 is 35.8 Å². The summed E-state index contributed by atoms with van der Waals surface area (Å²) in [6, 6.07) is 25.0. The van der Waals surface area contributed by atoms with Gasteiger partial charge in [0.15, 0.2) is 5.78 Å². The number of thiol groups is 1. The zero-order chi connectivity index (χ0) is 23.4. The highest BCUT2D eigenvalue weighted by Gasteiger charge is 2.14. The number of hydrogen-bond donors (Lipinski definition) is 1. The number of benzene rings is 4. The first kappa shape index (κ1) is 23.2. The van der Waals surface area contributed by atoms with E-state index in [1.165, 1.54) is 0 Å². The van der Waals surface area contributed by atoms with Crippen molar-refractivity contribution in [3.05, 3.63) is 112 Å². The molecule has 4 rings (SSSR count). The quantitative estimate of drug-likeness (QED) is 0.206. The van der Waals surface area contributed by atoms with Gasteiger partial charge in [0.25, 0.3) is 0 Å². The Labute approximate surface area is 208 Å². The summed E-state index contributed by atoms with van der Waals surface area (Å²) >= 11 is 16.5. The molecule has 0 atom stereocenters. The summed E-state index contributed by atoms with van der Waals surface area (Å²) in [5, 5.41) is 0.821. The van der Waals surface area contributed by atoms with Crippen LogP contribution in [0.4, 0.5) is 0 Å². The van der Waals surface area contributed by atoms with E-state index in [0.717, 1.165) is 28.4 Å². The predicted octanol–water partition coefficient (Wildman–Crippen LogP) is 8.66. The van der Waals surface area contributed by atoms with Crippen molar-refractivity contribution < 1.29 is 14.3 Å². The summed E-state index contributed by atoms with van der Waals surface area (Å²) in [5.74, 6) is 2.62. The molecule has 0 saturated heterocycles. The summed E-state index contributed by atoms with van der Waals surface area (Å²) in [4.78, 5) is 13.7. The Morgan fingerprint density at radius 2 is 1.42 bits per heavy atom. The SMILES string of the molecule is CCc1cc(Oc2ccc(C(=O)c3cc(Cl)ccc3Cl)cc2)ccc1Oc1ccc(S)cc1. The predicted molar refractivity (Wildman–Crippen MR) is 136 cm³/mol. The summed E-state index contributed by atoms with van der Waals surface area (Å²) in [5.41, 5.74) is 1.88. The number of rotatable bonds is 7. The average molecular weight is 495 g/mol. The lowest BCUT2D eigenvalue weighted by Crippen LogP contribution is -2.02. The minimum Gasteiger partial charge on any atom is -0.457 e. The molecule has 0 bridgehead atoms. The molecule has 0 aliphatic carbocycles. The van der Waals surface area contributed by atoms with Crippen molar-refractivity contribution in [1.29, 1.82) is 0 Å². The number of aryl methyl sites for hydroxylation is 1. The van der Waals surface area contributed by atoms with Crippen molar-refractivity contribution >= 4 is 41.6 Å². The van der Waals surface area contributed by atoms with Gasteiger partial charge in [-0.25, -0.2) is 0 Å². The molecule has 166 valence electrons. The standard InChI is InChI=1S/C27H20Cl2O3S/c1-2-17-15-22(10-14-26(17)32-21-8-11-23(33)12-9-21)31-20-6-3-18(4-7-20)27(30)24-16-19(28)5-13-25(24)29/h3-16,33H,2H2,1H3. The molecule has 4 aromatic rings. The van der Waals surface area contributed by atoms with E-state index >= 15 is 0 Å². The van der Waals surface area contributed by atoms with E-state index in [4.69, 9.17) is 32.7 Å². The Bertz CT molecular complexity index is 1290. The van der Waals surface area contributed by atoms with Crippen LogP contribution in [0.25, 0.3) is 0 Å². The Hall–Kier alpha value is -2.92. The number of hydrogen-bond acceptors (Lipinski definition) is 4. The molecule has 0 spiro atoms. The molecule has 0 radical (unpaired) electrons. The van der Waals surface area contributed by atoms with E-state index in [1.54, 1.807) is 42.5 Å². The smallest absolute Gasteiger partial charge is 0.194 e. The zero-order valence-electron chi connectivity index (χ0n) is 17.7. The third kappa shape index (κ3) is 5.72. The monoisotopic (exact) mass is 494 g/mol. The van der Waals surface area contributed by atoms with E-state index in [2.05, 4.69) is 19.6 Å². The molecule has 0 unspecified atom stereocenters. The molecular weight excluding hydrogens is 475 g/mol. The lowest BCUT2D eigenvalue weighted by Gasteiger charge is -2.13. The molecule has 0 fully saturated rings. The van der Waals surface area contributed by atoms with Gasteiger partial charge in [-0.15, -0.1) is 12.6 Å². The molecule has 0 N–H and O–H groups in total. The highest BCUT2D eigenvalue weighted by atomic mass is 35.5. The molecular formula is C27H20Cl2O3S. The third-order valence-electron chi connectivity index (χ3n) is 5.00. The molecule has 0 heterocycles. The maximum absolute atomic E-state index is 12.8. The van der Waals surface area contributed by atoms with Crippen LogP contribution in [0.15, 0.2) is 89.8 Å². The van der Waals surface area contributed by atoms with Crippen molar-refractivity contribution in [2.75, 3.05) is 0 Å². The number of carbonyl (C=O) groups is 1. The first-order valence-corrected chi connectivity index (χ1v) is 11.5. The minimum atomic E-state index is -0.199. The first-order chi connectivity index (χ1) is 15.9. The largest absolute Gasteiger partial charge is 0.457 e. The first-order valence-electron chi connectivity index (χ1n) is 10.3. The number of ether oxygens (including phenoxy) is 2. The van der Waals surface area contributed by atoms with Crippen LogP contribution in [0, 0.1) is 0 Å². The molecule has 33 heavy (non-hydrogen) atoms. The van der Waals surface area contributed by atoms with Crippen LogP contribution < -0.4 is 9.47 Å². The molecule has 4 aromatic carbocycles. The van der Waals surface area contributed by atoms with Crippen LogP contribution in [0.3, 0.4) is 0 Å². The Kier molecular flexibility index (Phi) is 7.29. The van der Waals surface area contributed by atoms with Crippen LogP contribution in [0.1, 0.15) is 28.4 Å². The fraction of sp³-hybridized carbons (Fsp3) is 0.0741. The van der Waals surface area contributed by atoms with Crippen LogP contribution in [-0.4, -0.2) is 5.78 Å². The summed E-state index contributed by atoms with van der Waals surface area (Å²) < 4.78 is 12.0. The summed E-state index contributed by atoms with van der Waals surface area (Å²) in [7, 11) is 0. The van der Waals surface area contributed by atoms with Gasteiger partial charge in [0.05, 0.1) is 5.02 Å². The lowest BCUT2D eigenvalue weighted by molar-refractivity contribution is 0.103. The highest BCUT2D eigenvalue weighted by Crippen LogP contribution is 2.32. The Morgan fingerprint density at radius 3 is 2.12 bits per heavy atom. The fourth-order valence-corrected chi connectivity index (χ4v) is 3.80. The van der Waals surface area contributed by atoms with E-state index in [1.807, 2.05) is 42.5 Å². The van der Waals surface area contributed by atoms with Gasteiger partial charge in [0, 0.05) is 21.0 Å². The van der Waals surface area contributed by atoms with Gasteiger partial charge in [-0.05, 0) is 96.9 Å². The van der Waals surface area contributed by atoms with Crippen molar-refractivity contribution in [3.63, 3.8) is 0 Å². The van der Waals surface area contributed by atoms with Gasteiger partial charge < -0.3 is 9.47 Å². The van der Waals surface area contributed by atoms with Gasteiger partial charge in [-0.3, -0.25) is 4.79 Å².